The van der Waals surface area contributed by atoms with E-state index in [1.807, 2.05) is 0 Å². The lowest BCUT2D eigenvalue weighted by Crippen LogP contribution is -2.58. The molecule has 7 N–H and O–H groups in total. The fourth-order valence-electron chi connectivity index (χ4n) is 3.05. The van der Waals surface area contributed by atoms with Gasteiger partial charge in [-0.25, -0.2) is 4.79 Å². The first-order valence-electron chi connectivity index (χ1n) is 9.71. The lowest BCUT2D eigenvalue weighted by Gasteiger charge is -2.28. The van der Waals surface area contributed by atoms with Crippen LogP contribution in [0.3, 0.4) is 0 Å². The predicted molar refractivity (Wildman–Crippen MR) is 103 cm³/mol. The molecule has 4 atom stereocenters. The van der Waals surface area contributed by atoms with Crippen molar-refractivity contribution in [1.82, 2.24) is 15.5 Å². The number of nitrogens with one attached hydrogen (secondary N) is 2. The van der Waals surface area contributed by atoms with E-state index >= 15 is 0 Å². The summed E-state index contributed by atoms with van der Waals surface area (Å²) in [5, 5.41) is 32.3. The van der Waals surface area contributed by atoms with Crippen LogP contribution in [0.5, 0.6) is 0 Å². The molecular weight excluding hydrogens is 400 g/mol. The molecule has 0 bridgehead atoms. The van der Waals surface area contributed by atoms with Gasteiger partial charge in [-0.15, -0.1) is 0 Å². The maximum absolute atomic E-state index is 12.8. The Bertz CT molecular complexity index is 669. The molecule has 12 nitrogen and oxygen atoms in total. The van der Waals surface area contributed by atoms with Gasteiger partial charge in [0.15, 0.2) is 0 Å². The molecular formula is C18H30N4O8. The van der Waals surface area contributed by atoms with Gasteiger partial charge in [-0.1, -0.05) is 13.8 Å². The second kappa shape index (κ2) is 11.5. The second-order valence-corrected chi connectivity index (χ2v) is 7.54. The SMILES string of the molecule is CC(C)C(N)C(=O)NC(CO)C(=O)NC(CCC(=O)O)C(=O)N1CCCC1C(=O)O. The average Bonchev–Trinajstić information content (AvgIpc) is 3.17. The summed E-state index contributed by atoms with van der Waals surface area (Å²) in [5.41, 5.74) is 5.71. The number of nitrogens with two attached hydrogens (primary N) is 1. The van der Waals surface area contributed by atoms with Crippen molar-refractivity contribution in [3.8, 4) is 0 Å². The molecule has 4 unspecified atom stereocenters. The van der Waals surface area contributed by atoms with Crippen molar-refractivity contribution in [3.63, 3.8) is 0 Å². The van der Waals surface area contributed by atoms with Crippen LogP contribution < -0.4 is 16.4 Å². The zero-order valence-electron chi connectivity index (χ0n) is 17.0. The summed E-state index contributed by atoms with van der Waals surface area (Å²) in [4.78, 5) is 60.8. The largest absolute Gasteiger partial charge is 0.481 e. The molecule has 0 spiro atoms. The molecule has 0 radical (unpaired) electrons. The normalized spacial score (nSPS) is 19.1. The molecule has 3 amide bonds. The van der Waals surface area contributed by atoms with Crippen molar-refractivity contribution >= 4 is 29.7 Å². The minimum atomic E-state index is -1.41. The Morgan fingerprint density at radius 1 is 1.07 bits per heavy atom. The van der Waals surface area contributed by atoms with E-state index in [2.05, 4.69) is 10.6 Å². The summed E-state index contributed by atoms with van der Waals surface area (Å²) in [5.74, 6) is -4.91. The summed E-state index contributed by atoms with van der Waals surface area (Å²) in [6.07, 6.45) is -0.00914. The van der Waals surface area contributed by atoms with Crippen LogP contribution in [0.25, 0.3) is 0 Å². The van der Waals surface area contributed by atoms with Crippen LogP contribution in [-0.2, 0) is 24.0 Å². The number of likely N-dealkylation sites (tertiary alicyclic amines) is 1. The molecule has 0 aromatic rings. The number of carbonyl (C=O) groups excluding carboxylic acids is 3. The van der Waals surface area contributed by atoms with Crippen LogP contribution in [-0.4, -0.2) is 87.2 Å². The number of carbonyl (C=O) groups is 5. The number of aliphatic hydroxyl groups is 1. The van der Waals surface area contributed by atoms with Crippen molar-refractivity contribution in [1.29, 1.82) is 0 Å². The van der Waals surface area contributed by atoms with E-state index in [-0.39, 0.29) is 25.3 Å². The van der Waals surface area contributed by atoms with Gasteiger partial charge in [0, 0.05) is 13.0 Å². The molecule has 0 saturated carbocycles. The molecule has 1 saturated heterocycles. The molecule has 1 fully saturated rings. The number of aliphatic hydroxyl groups excluding tert-OH is 1. The molecule has 1 rings (SSSR count). The van der Waals surface area contributed by atoms with Crippen molar-refractivity contribution in [2.24, 2.45) is 11.7 Å². The molecule has 0 aromatic heterocycles. The predicted octanol–water partition coefficient (Wildman–Crippen LogP) is -2.13. The van der Waals surface area contributed by atoms with Crippen molar-refractivity contribution in [3.05, 3.63) is 0 Å². The molecule has 30 heavy (non-hydrogen) atoms. The van der Waals surface area contributed by atoms with E-state index in [0.29, 0.717) is 6.42 Å². The average molecular weight is 430 g/mol. The number of hydrogen-bond donors (Lipinski definition) is 6. The Balaban J connectivity index is 2.92. The van der Waals surface area contributed by atoms with Gasteiger partial charge in [0.1, 0.15) is 18.1 Å². The third-order valence-corrected chi connectivity index (χ3v) is 4.92. The van der Waals surface area contributed by atoms with Crippen LogP contribution in [0.1, 0.15) is 39.5 Å². The third kappa shape index (κ3) is 6.95. The number of amides is 3. The Hall–Kier alpha value is -2.73. The van der Waals surface area contributed by atoms with Crippen molar-refractivity contribution < 1.29 is 39.3 Å². The van der Waals surface area contributed by atoms with Crippen LogP contribution in [0.4, 0.5) is 0 Å². The summed E-state index contributed by atoms with van der Waals surface area (Å²) < 4.78 is 0. The van der Waals surface area contributed by atoms with Crippen LogP contribution in [0.2, 0.25) is 0 Å². The number of aliphatic carboxylic acids is 2. The zero-order valence-corrected chi connectivity index (χ0v) is 17.0. The van der Waals surface area contributed by atoms with E-state index in [9.17, 15) is 34.2 Å². The first-order valence-corrected chi connectivity index (χ1v) is 9.71. The highest BCUT2D eigenvalue weighted by Crippen LogP contribution is 2.19. The Morgan fingerprint density at radius 3 is 2.17 bits per heavy atom. The Labute approximate surface area is 173 Å². The van der Waals surface area contributed by atoms with Gasteiger partial charge in [-0.2, -0.15) is 0 Å². The Kier molecular flexibility index (Phi) is 9.66. The third-order valence-electron chi connectivity index (χ3n) is 4.92. The second-order valence-electron chi connectivity index (χ2n) is 7.54. The summed E-state index contributed by atoms with van der Waals surface area (Å²) in [6, 6.07) is -4.70. The lowest BCUT2D eigenvalue weighted by molar-refractivity contribution is -0.150. The van der Waals surface area contributed by atoms with E-state index in [1.54, 1.807) is 13.8 Å². The van der Waals surface area contributed by atoms with Gasteiger partial charge in [0.2, 0.25) is 17.7 Å². The Morgan fingerprint density at radius 2 is 1.67 bits per heavy atom. The summed E-state index contributed by atoms with van der Waals surface area (Å²) in [6.45, 7) is 2.80. The number of nitrogens with zero attached hydrogens (tertiary/aromatic N) is 1. The number of carboxylic acids is 2. The van der Waals surface area contributed by atoms with Gasteiger partial charge in [0.05, 0.1) is 12.6 Å². The fourth-order valence-corrected chi connectivity index (χ4v) is 3.05. The van der Waals surface area contributed by atoms with Crippen LogP contribution >= 0.6 is 0 Å². The minimum Gasteiger partial charge on any atom is -0.481 e. The molecule has 1 aliphatic rings. The number of rotatable bonds is 11. The van der Waals surface area contributed by atoms with Gasteiger partial charge < -0.3 is 36.6 Å². The molecule has 170 valence electrons. The highest BCUT2D eigenvalue weighted by Gasteiger charge is 2.38. The van der Waals surface area contributed by atoms with Gasteiger partial charge in [0.25, 0.3) is 0 Å². The van der Waals surface area contributed by atoms with Crippen molar-refractivity contribution in [2.45, 2.75) is 63.7 Å². The molecule has 0 aromatic carbocycles. The maximum atomic E-state index is 12.8. The van der Waals surface area contributed by atoms with Gasteiger partial charge >= 0.3 is 11.9 Å². The topological polar surface area (TPSA) is 199 Å². The van der Waals surface area contributed by atoms with Crippen molar-refractivity contribution in [2.75, 3.05) is 13.2 Å². The van der Waals surface area contributed by atoms with Gasteiger partial charge in [-0.3, -0.25) is 19.2 Å². The lowest BCUT2D eigenvalue weighted by atomic mass is 10.0. The zero-order chi connectivity index (χ0) is 23.0. The van der Waals surface area contributed by atoms with E-state index in [4.69, 9.17) is 10.8 Å². The van der Waals surface area contributed by atoms with Crippen LogP contribution in [0, 0.1) is 5.92 Å². The van der Waals surface area contributed by atoms with E-state index in [0.717, 1.165) is 4.90 Å². The number of carboxylic acid groups (broad SMARTS) is 2. The van der Waals surface area contributed by atoms with Crippen LogP contribution in [0.15, 0.2) is 0 Å². The quantitative estimate of drug-likeness (QED) is 0.212. The minimum absolute atomic E-state index is 0.165. The summed E-state index contributed by atoms with van der Waals surface area (Å²) >= 11 is 0. The smallest absolute Gasteiger partial charge is 0.326 e. The molecule has 12 heteroatoms. The fraction of sp³-hybridized carbons (Fsp3) is 0.722. The monoisotopic (exact) mass is 430 g/mol. The van der Waals surface area contributed by atoms with E-state index in [1.165, 1.54) is 0 Å². The maximum Gasteiger partial charge on any atom is 0.326 e. The standard InChI is InChI=1S/C18H30N4O8/c1-9(2)14(19)16(27)21-11(8-23)15(26)20-10(5-6-13(24)25)17(28)22-7-3-4-12(22)18(29)30/h9-12,14,23H,3-8,19H2,1-2H3,(H,20,26)(H,21,27)(H,24,25)(H,29,30). The molecule has 0 aliphatic carbocycles. The number of hydrogen-bond acceptors (Lipinski definition) is 7. The summed E-state index contributed by atoms with van der Waals surface area (Å²) in [7, 11) is 0. The van der Waals surface area contributed by atoms with E-state index < -0.39 is 66.9 Å². The molecule has 1 heterocycles. The first kappa shape index (κ1) is 25.3. The first-order chi connectivity index (χ1) is 14.0. The van der Waals surface area contributed by atoms with Gasteiger partial charge in [-0.05, 0) is 25.2 Å². The highest BCUT2D eigenvalue weighted by molar-refractivity contribution is 5.94. The highest BCUT2D eigenvalue weighted by atomic mass is 16.4. The molecule has 1 aliphatic heterocycles.